The van der Waals surface area contributed by atoms with E-state index in [9.17, 15) is 0 Å². The van der Waals surface area contributed by atoms with Crippen LogP contribution in [0.5, 0.6) is 0 Å². The van der Waals surface area contributed by atoms with Gasteiger partial charge in [0.25, 0.3) is 0 Å². The molecule has 0 amide bonds. The molecule has 84 valence electrons. The molecule has 1 aromatic rings. The van der Waals surface area contributed by atoms with E-state index in [2.05, 4.69) is 38.1 Å². The second-order valence-corrected chi connectivity index (χ2v) is 5.44. The second kappa shape index (κ2) is 3.44. The zero-order chi connectivity index (χ0) is 11.2. The fraction of sp³-hybridized carbons (Fsp3) is 0.533. The van der Waals surface area contributed by atoms with Crippen LogP contribution < -0.4 is 0 Å². The Labute approximate surface area is 97.6 Å². The fourth-order valence-corrected chi connectivity index (χ4v) is 3.51. The normalized spacial score (nSPS) is 32.6. The maximum atomic E-state index is 4.99. The Morgan fingerprint density at radius 2 is 2.06 bits per heavy atom. The van der Waals surface area contributed by atoms with Gasteiger partial charge in [0.2, 0.25) is 0 Å². The van der Waals surface area contributed by atoms with Gasteiger partial charge in [0.1, 0.15) is 0 Å². The Hall–Kier alpha value is -1.11. The van der Waals surface area contributed by atoms with Gasteiger partial charge in [-0.2, -0.15) is 0 Å². The van der Waals surface area contributed by atoms with Crippen molar-refractivity contribution >= 4 is 5.71 Å². The third-order valence-electron chi connectivity index (χ3n) is 4.33. The highest BCUT2D eigenvalue weighted by atomic mass is 14.9. The third-order valence-corrected chi connectivity index (χ3v) is 4.33. The molecule has 1 nitrogen and oxygen atoms in total. The van der Waals surface area contributed by atoms with Gasteiger partial charge in [0, 0.05) is 11.6 Å². The summed E-state index contributed by atoms with van der Waals surface area (Å²) in [5.41, 5.74) is 4.33. The third kappa shape index (κ3) is 1.34. The molecule has 2 atom stereocenters. The van der Waals surface area contributed by atoms with Crippen molar-refractivity contribution in [3.63, 3.8) is 0 Å². The summed E-state index contributed by atoms with van der Waals surface area (Å²) in [4.78, 5) is 4.99. The quantitative estimate of drug-likeness (QED) is 0.619. The lowest BCUT2D eigenvalue weighted by atomic mass is 9.68. The Morgan fingerprint density at radius 3 is 2.94 bits per heavy atom. The summed E-state index contributed by atoms with van der Waals surface area (Å²) in [6.07, 6.45) is 5.27. The van der Waals surface area contributed by atoms with Crippen LogP contribution in [0.25, 0.3) is 0 Å². The van der Waals surface area contributed by atoms with Crippen molar-refractivity contribution in [2.75, 3.05) is 0 Å². The molecule has 0 bridgehead atoms. The molecule has 0 spiro atoms. The zero-order valence-corrected chi connectivity index (χ0v) is 10.2. The van der Waals surface area contributed by atoms with E-state index in [1.165, 1.54) is 42.5 Å². The van der Waals surface area contributed by atoms with Gasteiger partial charge in [-0.15, -0.1) is 0 Å². The van der Waals surface area contributed by atoms with Crippen molar-refractivity contribution in [2.45, 2.75) is 51.0 Å². The van der Waals surface area contributed by atoms with Crippen molar-refractivity contribution < 1.29 is 0 Å². The van der Waals surface area contributed by atoms with Crippen LogP contribution in [0.4, 0.5) is 0 Å². The van der Waals surface area contributed by atoms with Crippen LogP contribution >= 0.6 is 0 Å². The molecule has 0 N–H and O–H groups in total. The van der Waals surface area contributed by atoms with Gasteiger partial charge >= 0.3 is 0 Å². The lowest BCUT2D eigenvalue weighted by molar-refractivity contribution is 0.273. The number of fused-ring (bicyclic) bond motifs is 3. The maximum Gasteiger partial charge on any atom is 0.0651 e. The standard InChI is InChI=1S/C15H19N/c1-11-12-7-3-4-8-13(12)14-9-5-6-10-15(14,2)16-11/h3-4,7-8,14H,5-6,9-10H2,1-2H3. The van der Waals surface area contributed by atoms with E-state index < -0.39 is 0 Å². The highest BCUT2D eigenvalue weighted by Crippen LogP contribution is 2.47. The number of aliphatic imine (C=N–C) groups is 1. The van der Waals surface area contributed by atoms with E-state index in [0.717, 1.165) is 0 Å². The van der Waals surface area contributed by atoms with Crippen LogP contribution in [-0.4, -0.2) is 11.3 Å². The van der Waals surface area contributed by atoms with Crippen molar-refractivity contribution in [2.24, 2.45) is 4.99 Å². The summed E-state index contributed by atoms with van der Waals surface area (Å²) in [5.74, 6) is 0.654. The highest BCUT2D eigenvalue weighted by molar-refractivity contribution is 6.01. The number of rotatable bonds is 0. The first-order valence-corrected chi connectivity index (χ1v) is 6.36. The molecule has 1 saturated carbocycles. The van der Waals surface area contributed by atoms with E-state index >= 15 is 0 Å². The van der Waals surface area contributed by atoms with Crippen LogP contribution in [0.1, 0.15) is 56.6 Å². The molecular weight excluding hydrogens is 194 g/mol. The van der Waals surface area contributed by atoms with Crippen molar-refractivity contribution in [3.05, 3.63) is 35.4 Å². The van der Waals surface area contributed by atoms with E-state index in [4.69, 9.17) is 4.99 Å². The molecular formula is C15H19N. The number of hydrogen-bond acceptors (Lipinski definition) is 1. The summed E-state index contributed by atoms with van der Waals surface area (Å²) in [6, 6.07) is 8.83. The van der Waals surface area contributed by atoms with Gasteiger partial charge in [-0.1, -0.05) is 37.1 Å². The summed E-state index contributed by atoms with van der Waals surface area (Å²) < 4.78 is 0. The molecule has 1 fully saturated rings. The molecule has 0 aromatic heterocycles. The minimum atomic E-state index is 0.177. The number of nitrogens with zero attached hydrogens (tertiary/aromatic N) is 1. The molecule has 1 aliphatic carbocycles. The minimum absolute atomic E-state index is 0.177. The van der Waals surface area contributed by atoms with E-state index in [1.54, 1.807) is 0 Å². The first kappa shape index (κ1) is 10.1. The fourth-order valence-electron chi connectivity index (χ4n) is 3.51. The van der Waals surface area contributed by atoms with Crippen LogP contribution in [0.15, 0.2) is 29.3 Å². The number of hydrogen-bond donors (Lipinski definition) is 0. The van der Waals surface area contributed by atoms with Crippen LogP contribution in [0, 0.1) is 0 Å². The second-order valence-electron chi connectivity index (χ2n) is 5.44. The van der Waals surface area contributed by atoms with E-state index in [0.29, 0.717) is 5.92 Å². The Kier molecular flexibility index (Phi) is 2.17. The van der Waals surface area contributed by atoms with Crippen LogP contribution in [0.3, 0.4) is 0 Å². The van der Waals surface area contributed by atoms with Gasteiger partial charge in [-0.3, -0.25) is 4.99 Å². The lowest BCUT2D eigenvalue weighted by Crippen LogP contribution is -2.38. The SMILES string of the molecule is CC1=NC2(C)CCCCC2c2ccccc21. The van der Waals surface area contributed by atoms with Gasteiger partial charge in [-0.25, -0.2) is 0 Å². The maximum absolute atomic E-state index is 4.99. The Bertz CT molecular complexity index is 447. The molecule has 3 rings (SSSR count). The average Bonchev–Trinajstić information content (AvgIpc) is 2.28. The van der Waals surface area contributed by atoms with Crippen molar-refractivity contribution in [1.82, 2.24) is 0 Å². The summed E-state index contributed by atoms with van der Waals surface area (Å²) in [5, 5.41) is 0. The van der Waals surface area contributed by atoms with Gasteiger partial charge in [0.15, 0.2) is 0 Å². The first-order chi connectivity index (χ1) is 7.71. The molecule has 16 heavy (non-hydrogen) atoms. The lowest BCUT2D eigenvalue weighted by Gasteiger charge is -2.43. The Balaban J connectivity index is 2.17. The predicted octanol–water partition coefficient (Wildman–Crippen LogP) is 3.93. The predicted molar refractivity (Wildman–Crippen MR) is 68.3 cm³/mol. The summed E-state index contributed by atoms with van der Waals surface area (Å²) in [6.45, 7) is 4.51. The highest BCUT2D eigenvalue weighted by Gasteiger charge is 2.40. The largest absolute Gasteiger partial charge is 0.282 e. The van der Waals surface area contributed by atoms with Crippen LogP contribution in [-0.2, 0) is 0 Å². The molecule has 1 heteroatoms. The topological polar surface area (TPSA) is 12.4 Å². The van der Waals surface area contributed by atoms with E-state index in [-0.39, 0.29) is 5.54 Å². The number of benzene rings is 1. The van der Waals surface area contributed by atoms with Crippen molar-refractivity contribution in [1.29, 1.82) is 0 Å². The minimum Gasteiger partial charge on any atom is -0.282 e. The zero-order valence-electron chi connectivity index (χ0n) is 10.2. The molecule has 1 aliphatic heterocycles. The molecule has 1 aromatic carbocycles. The Morgan fingerprint density at radius 1 is 1.25 bits per heavy atom. The molecule has 0 radical (unpaired) electrons. The smallest absolute Gasteiger partial charge is 0.0651 e. The van der Waals surface area contributed by atoms with Gasteiger partial charge < -0.3 is 0 Å². The van der Waals surface area contributed by atoms with Crippen LogP contribution in [0.2, 0.25) is 0 Å². The molecule has 2 aliphatic rings. The van der Waals surface area contributed by atoms with Gasteiger partial charge in [0.05, 0.1) is 5.54 Å². The molecule has 2 unspecified atom stereocenters. The van der Waals surface area contributed by atoms with Gasteiger partial charge in [-0.05, 0) is 37.8 Å². The monoisotopic (exact) mass is 213 g/mol. The summed E-state index contributed by atoms with van der Waals surface area (Å²) in [7, 11) is 0. The first-order valence-electron chi connectivity index (χ1n) is 6.36. The van der Waals surface area contributed by atoms with Crippen molar-refractivity contribution in [3.8, 4) is 0 Å². The molecule has 1 heterocycles. The average molecular weight is 213 g/mol. The summed E-state index contributed by atoms with van der Waals surface area (Å²) >= 11 is 0. The van der Waals surface area contributed by atoms with E-state index in [1.807, 2.05) is 0 Å². The molecule has 0 saturated heterocycles.